The maximum atomic E-state index is 12.1. The Morgan fingerprint density at radius 1 is 0.426 bits per heavy atom. The minimum absolute atomic E-state index is 0.0610. The first-order valence-corrected chi connectivity index (χ1v) is 39.0. The van der Waals surface area contributed by atoms with E-state index in [9.17, 15) is 24.3 Å². The molecule has 0 atom stereocenters. The van der Waals surface area contributed by atoms with Crippen LogP contribution in [0.15, 0.2) is 292 Å². The number of hydrogen-bond donors (Lipinski definition) is 11. The Bertz CT molecular complexity index is 6300. The lowest BCUT2D eigenvalue weighted by atomic mass is 9.98. The quantitative estimate of drug-likeness (QED) is 0.0300. The number of H-pyrrole nitrogens is 1. The Balaban J connectivity index is 0.000000132. The lowest BCUT2D eigenvalue weighted by Gasteiger charge is -2.14. The number of nitrogen functional groups attached to an aromatic ring is 4. The summed E-state index contributed by atoms with van der Waals surface area (Å²) in [4.78, 5) is 93.0. The SMILES string of the molecule is CC(=O)C1=C(c2ccccc2)CC(c2ccnc(N)n2)=C1.Cc1ccc(-c2cc(-c3ccncc3)[nH]c2-c2nccc3ccccc23)cc1.NC(=O)c1cc(-c2ccnc(N)n2)n(CCO)c1-c1ccccc1.NCCCn1c(-c2ccnc(N)n2)cc(C(N)=O)c1-c1ccccc1.NCCn1c(-c2ccnc(N)n2)cc(C(N)=O)c1-c1ccccc1. The third-order valence-corrected chi connectivity index (χ3v) is 19.9. The second-order valence-electron chi connectivity index (χ2n) is 28.0. The number of fused-ring (bicyclic) bond motifs is 1. The van der Waals surface area contributed by atoms with Crippen molar-refractivity contribution in [2.45, 2.75) is 46.3 Å². The van der Waals surface area contributed by atoms with Crippen molar-refractivity contribution < 1.29 is 24.3 Å². The molecule has 0 spiro atoms. The maximum absolute atomic E-state index is 12.1. The fourth-order valence-corrected chi connectivity index (χ4v) is 14.4. The van der Waals surface area contributed by atoms with Gasteiger partial charge in [-0.1, -0.05) is 175 Å². The molecule has 28 heteroatoms. The number of carbonyl (C=O) groups excluding carboxylic acids is 4. The molecule has 6 aromatic carbocycles. The van der Waals surface area contributed by atoms with Crippen molar-refractivity contribution in [2.24, 2.45) is 28.7 Å². The van der Waals surface area contributed by atoms with E-state index in [1.165, 1.54) is 16.5 Å². The summed E-state index contributed by atoms with van der Waals surface area (Å²) in [5.74, 6) is -0.779. The van der Waals surface area contributed by atoms with E-state index in [2.05, 4.69) is 117 Å². The van der Waals surface area contributed by atoms with E-state index in [1.54, 1.807) is 68.1 Å². The van der Waals surface area contributed by atoms with Gasteiger partial charge in [-0.15, -0.1) is 0 Å². The number of allylic oxidation sites excluding steroid dienone is 4. The van der Waals surface area contributed by atoms with Crippen LogP contribution in [-0.2, 0) is 24.4 Å². The number of carbonyl (C=O) groups is 4. The molecule has 0 fully saturated rings. The van der Waals surface area contributed by atoms with Crippen LogP contribution in [0.3, 0.4) is 0 Å². The lowest BCUT2D eigenvalue weighted by Crippen LogP contribution is -2.15. The number of anilines is 4. The van der Waals surface area contributed by atoms with Gasteiger partial charge in [0.05, 0.1) is 91.6 Å². The van der Waals surface area contributed by atoms with Gasteiger partial charge in [0.15, 0.2) is 5.78 Å². The van der Waals surface area contributed by atoms with Gasteiger partial charge in [0.2, 0.25) is 23.8 Å². The maximum Gasteiger partial charge on any atom is 0.250 e. The Labute approximate surface area is 702 Å². The van der Waals surface area contributed by atoms with Crippen molar-refractivity contribution in [3.8, 4) is 102 Å². The number of aliphatic hydroxyl groups excluding tert-OH is 1. The highest BCUT2D eigenvalue weighted by Gasteiger charge is 2.27. The largest absolute Gasteiger partial charge is 0.395 e. The highest BCUT2D eigenvalue weighted by molar-refractivity contribution is 6.10. The van der Waals surface area contributed by atoms with Crippen LogP contribution in [-0.4, -0.2) is 117 Å². The third-order valence-electron chi connectivity index (χ3n) is 19.9. The van der Waals surface area contributed by atoms with E-state index >= 15 is 0 Å². The van der Waals surface area contributed by atoms with Crippen LogP contribution < -0.4 is 51.6 Å². The number of aryl methyl sites for hydroxylation is 1. The number of primary amides is 3. The number of nitrogens with zero attached hydrogens (tertiary/aromatic N) is 13. The molecule has 0 radical (unpaired) electrons. The summed E-state index contributed by atoms with van der Waals surface area (Å²) in [5, 5.41) is 11.8. The molecule has 0 saturated heterocycles. The molecule has 10 heterocycles. The predicted molar refractivity (Wildman–Crippen MR) is 479 cm³/mol. The van der Waals surface area contributed by atoms with Gasteiger partial charge in [0.25, 0.3) is 17.7 Å². The molecule has 1 aliphatic carbocycles. The number of ketones is 1. The van der Waals surface area contributed by atoms with Crippen LogP contribution in [0.1, 0.15) is 67.7 Å². The Kier molecular flexibility index (Phi) is 27.0. The Hall–Kier alpha value is -16.0. The van der Waals surface area contributed by atoms with Crippen molar-refractivity contribution in [1.29, 1.82) is 0 Å². The first-order chi connectivity index (χ1) is 59.3. The van der Waals surface area contributed by atoms with Gasteiger partial charge in [0.1, 0.15) is 0 Å². The Morgan fingerprint density at radius 2 is 0.844 bits per heavy atom. The minimum atomic E-state index is -0.547. The molecule has 0 unspecified atom stereocenters. The van der Waals surface area contributed by atoms with Crippen LogP contribution in [0, 0.1) is 6.92 Å². The highest BCUT2D eigenvalue weighted by atomic mass is 16.3. The average Bonchev–Trinajstić information content (AvgIpc) is 1.62. The molecule has 16 aromatic rings. The molecule has 0 bridgehead atoms. The van der Waals surface area contributed by atoms with E-state index in [4.69, 9.17) is 56.6 Å². The first kappa shape index (κ1) is 83.9. The second kappa shape index (κ2) is 39.3. The zero-order chi connectivity index (χ0) is 85.8. The van der Waals surface area contributed by atoms with Gasteiger partial charge < -0.3 is 75.4 Å². The average molecular weight is 1620 g/mol. The fourth-order valence-electron chi connectivity index (χ4n) is 14.4. The van der Waals surface area contributed by atoms with Crippen molar-refractivity contribution in [3.63, 3.8) is 0 Å². The van der Waals surface area contributed by atoms with Gasteiger partial charge in [-0.05, 0) is 144 Å². The van der Waals surface area contributed by atoms with E-state index in [1.807, 2.05) is 178 Å². The van der Waals surface area contributed by atoms with Crippen molar-refractivity contribution >= 4 is 69.2 Å². The lowest BCUT2D eigenvalue weighted by molar-refractivity contribution is -0.113. The van der Waals surface area contributed by atoms with Gasteiger partial charge in [-0.25, -0.2) is 39.9 Å². The molecular formula is C94H89N23O5. The molecule has 20 N–H and O–H groups in total. The van der Waals surface area contributed by atoms with Crippen LogP contribution in [0.25, 0.3) is 124 Å². The van der Waals surface area contributed by atoms with E-state index in [-0.39, 0.29) is 42.7 Å². The number of nitrogens with two attached hydrogens (primary N) is 9. The van der Waals surface area contributed by atoms with Gasteiger partial charge in [0, 0.05) is 104 Å². The number of aliphatic hydroxyl groups is 1. The smallest absolute Gasteiger partial charge is 0.250 e. The molecule has 17 rings (SSSR count). The molecule has 10 aromatic heterocycles. The van der Waals surface area contributed by atoms with Crippen LogP contribution in [0.5, 0.6) is 0 Å². The molecule has 122 heavy (non-hydrogen) atoms. The topological polar surface area (TPSA) is 482 Å². The summed E-state index contributed by atoms with van der Waals surface area (Å²) in [7, 11) is 0. The first-order valence-electron chi connectivity index (χ1n) is 39.0. The minimum Gasteiger partial charge on any atom is -0.395 e. The number of aromatic amines is 1. The van der Waals surface area contributed by atoms with Gasteiger partial charge >= 0.3 is 0 Å². The Morgan fingerprint density at radius 3 is 1.28 bits per heavy atom. The number of nitrogens with one attached hydrogen (secondary N) is 1. The zero-order valence-electron chi connectivity index (χ0n) is 66.9. The van der Waals surface area contributed by atoms with Crippen molar-refractivity contribution in [1.82, 2.24) is 68.5 Å². The number of Topliss-reactive ketones (excluding diaryl/α,β-unsaturated/α-hetero) is 1. The number of rotatable bonds is 22. The fraction of sp³-hybridized carbons (Fsp3) is 0.106. The monoisotopic (exact) mass is 1620 g/mol. The van der Waals surface area contributed by atoms with Crippen molar-refractivity contribution in [2.75, 3.05) is 42.6 Å². The van der Waals surface area contributed by atoms with E-state index in [0.29, 0.717) is 77.8 Å². The number of amides is 3. The normalized spacial score (nSPS) is 11.4. The van der Waals surface area contributed by atoms with E-state index in [0.717, 1.165) is 107 Å². The standard InChI is InChI=1S/C25H19N3.C18H20N6O.C17H18N6O.C17H17N5O2.C17H15N3O/c1-17-6-8-19(9-7-17)22-16-23(20-10-13-26-14-11-20)28-25(22)24-21-5-3-2-4-18(21)12-15-27-24;19-8-4-10-24-15(14-7-9-22-18(21)23-14)11-13(17(20)25)16(24)12-5-2-1-3-6-12;18-7-9-23-14(13-6-8-21-17(20)22-13)10-12(16(19)24)15(23)11-4-2-1-3-5-11;18-16(24)12-10-14(13-6-7-20-17(19)21-13)22(8-9-23)15(12)11-4-2-1-3-5-11;1-11(21)14-9-13(16-7-8-19-17(18)20-16)10-15(14)12-5-3-2-4-6-12/h2-16,28H,1H3;1-3,5-7,9,11H,4,8,10,19H2,(H2,20,25)(H2,21,22,23);1-6,8,10H,7,9,18H2,(H2,19,24)(H2,20,21,22);1-7,10,23H,8-9H2,(H2,18,24)(H2,19,20,21);2-9H,10H2,1H3,(H2,18,19,20). The van der Waals surface area contributed by atoms with Crippen molar-refractivity contribution in [3.05, 3.63) is 325 Å². The molecule has 0 saturated carbocycles. The van der Waals surface area contributed by atoms with Crippen LogP contribution in [0.4, 0.5) is 23.8 Å². The summed E-state index contributed by atoms with van der Waals surface area (Å²) in [5.41, 5.74) is 73.2. The third kappa shape index (κ3) is 19.6. The summed E-state index contributed by atoms with van der Waals surface area (Å²) in [6.45, 7) is 5.97. The summed E-state index contributed by atoms with van der Waals surface area (Å²) in [6, 6.07) is 76.0. The number of aromatic nitrogens is 14. The van der Waals surface area contributed by atoms with Gasteiger partial charge in [-0.3, -0.25) is 29.1 Å². The number of hydrogen-bond acceptors (Lipinski definition) is 21. The number of benzene rings is 6. The molecular weight excluding hydrogens is 1530 g/mol. The zero-order valence-corrected chi connectivity index (χ0v) is 66.9. The molecule has 0 aliphatic heterocycles. The number of pyridine rings is 2. The molecule has 1 aliphatic rings. The molecule has 28 nitrogen and oxygen atoms in total. The predicted octanol–water partition coefficient (Wildman–Crippen LogP) is 13.3. The van der Waals surface area contributed by atoms with Gasteiger partial charge in [-0.2, -0.15) is 0 Å². The van der Waals surface area contributed by atoms with E-state index < -0.39 is 17.7 Å². The summed E-state index contributed by atoms with van der Waals surface area (Å²) < 4.78 is 5.78. The summed E-state index contributed by atoms with van der Waals surface area (Å²) >= 11 is 0. The second-order valence-corrected chi connectivity index (χ2v) is 28.0. The summed E-state index contributed by atoms with van der Waals surface area (Å²) in [6.07, 6.45) is 15.2. The molecule has 3 amide bonds. The van der Waals surface area contributed by atoms with Crippen LogP contribution in [0.2, 0.25) is 0 Å². The van der Waals surface area contributed by atoms with Crippen LogP contribution >= 0.6 is 0 Å². The molecule has 610 valence electrons. The highest BCUT2D eigenvalue weighted by Crippen LogP contribution is 2.42.